The molecule has 0 aromatic carbocycles. The molecule has 0 radical (unpaired) electrons. The van der Waals surface area contributed by atoms with Crippen LogP contribution in [0, 0.1) is 0 Å². The third-order valence-corrected chi connectivity index (χ3v) is 10.2. The maximum Gasteiger partial charge on any atom is 0.404 e. The van der Waals surface area contributed by atoms with E-state index in [2.05, 4.69) is 31.3 Å². The molecular weight excluding hydrogens is 1120 g/mol. The van der Waals surface area contributed by atoms with E-state index in [1.165, 1.54) is 0 Å². The van der Waals surface area contributed by atoms with Crippen molar-refractivity contribution in [2.45, 2.75) is 19.3 Å². The number of hydrogen-bond donors (Lipinski definition) is 6. The molecule has 0 unspecified atom stereocenters. The van der Waals surface area contributed by atoms with Crippen molar-refractivity contribution in [1.29, 1.82) is 0 Å². The molecule has 0 rings (SSSR count). The smallest absolute Gasteiger partial charge is 0.404 e. The van der Waals surface area contributed by atoms with Gasteiger partial charge in [-0.2, -0.15) is 0 Å². The lowest BCUT2D eigenvalue weighted by atomic mass is 10.3. The Labute approximate surface area is 493 Å². The van der Waals surface area contributed by atoms with E-state index in [0.29, 0.717) is 238 Å². The molecule has 6 N–H and O–H groups in total. The van der Waals surface area contributed by atoms with E-state index in [-0.39, 0.29) is 83.0 Å². The van der Waals surface area contributed by atoms with E-state index in [9.17, 15) is 24.0 Å². The number of ether oxygens (including phenoxy) is 18. The van der Waals surface area contributed by atoms with Crippen LogP contribution in [0.3, 0.4) is 0 Å². The third-order valence-electron chi connectivity index (χ3n) is 10.2. The molecule has 33 nitrogen and oxygen atoms in total. The molecule has 5 amide bonds. The van der Waals surface area contributed by atoms with Crippen molar-refractivity contribution in [3.63, 3.8) is 0 Å². The Morgan fingerprint density at radius 2 is 0.524 bits per heavy atom. The first-order valence-corrected chi connectivity index (χ1v) is 28.4. The van der Waals surface area contributed by atoms with Gasteiger partial charge < -0.3 is 122 Å². The molecule has 0 bridgehead atoms. The third kappa shape index (κ3) is 66.7. The van der Waals surface area contributed by atoms with Crippen molar-refractivity contribution in [3.05, 3.63) is 10.4 Å². The minimum absolute atomic E-state index is 0.103. The van der Waals surface area contributed by atoms with E-state index < -0.39 is 12.2 Å². The zero-order valence-electron chi connectivity index (χ0n) is 49.1. The van der Waals surface area contributed by atoms with E-state index in [0.717, 1.165) is 0 Å². The summed E-state index contributed by atoms with van der Waals surface area (Å²) in [5.41, 5.74) is 8.22. The lowest BCUT2D eigenvalue weighted by molar-refractivity contribution is -0.134. The van der Waals surface area contributed by atoms with Crippen LogP contribution in [0.15, 0.2) is 5.11 Å². The fraction of sp³-hybridized carbons (Fsp3) is 0.902. The number of amides is 5. The summed E-state index contributed by atoms with van der Waals surface area (Å²) in [5.74, 6) is -0.554. The predicted octanol–water partition coefficient (Wildman–Crippen LogP) is -0.638. The van der Waals surface area contributed by atoms with Crippen LogP contribution in [-0.4, -0.2) is 329 Å². The molecule has 0 aromatic heterocycles. The number of azide groups is 1. The summed E-state index contributed by atoms with van der Waals surface area (Å²) in [7, 11) is 0. The van der Waals surface area contributed by atoms with E-state index in [1.807, 2.05) is 0 Å². The van der Waals surface area contributed by atoms with E-state index >= 15 is 0 Å². The first-order chi connectivity index (χ1) is 41.3. The summed E-state index contributed by atoms with van der Waals surface area (Å²) >= 11 is 0. The van der Waals surface area contributed by atoms with Gasteiger partial charge in [-0.1, -0.05) is 5.11 Å². The quantitative estimate of drug-likeness (QED) is 0.0191. The van der Waals surface area contributed by atoms with E-state index in [1.54, 1.807) is 4.90 Å². The van der Waals surface area contributed by atoms with Gasteiger partial charge in [-0.15, -0.1) is 0 Å². The van der Waals surface area contributed by atoms with Gasteiger partial charge in [0.1, 0.15) is 0 Å². The van der Waals surface area contributed by atoms with Crippen LogP contribution in [-0.2, 0) is 99.6 Å². The van der Waals surface area contributed by atoms with Crippen LogP contribution in [0.4, 0.5) is 9.59 Å². The number of carboxylic acid groups (broad SMARTS) is 2. The number of hydrogen-bond acceptors (Lipinski definition) is 24. The van der Waals surface area contributed by atoms with Crippen molar-refractivity contribution in [3.8, 4) is 0 Å². The Hall–Kier alpha value is -4.46. The Morgan fingerprint density at radius 3 is 0.774 bits per heavy atom. The van der Waals surface area contributed by atoms with E-state index in [4.69, 9.17) is 101 Å². The lowest BCUT2D eigenvalue weighted by Crippen LogP contribution is -2.37. The fourth-order valence-corrected chi connectivity index (χ4v) is 6.03. The van der Waals surface area contributed by atoms with Gasteiger partial charge in [0.25, 0.3) is 0 Å². The zero-order valence-corrected chi connectivity index (χ0v) is 49.1. The summed E-state index contributed by atoms with van der Waals surface area (Å²) in [6, 6.07) is 0. The largest absolute Gasteiger partial charge is 0.465 e. The topological polar surface area (TPSA) is 392 Å². The van der Waals surface area contributed by atoms with Crippen LogP contribution in [0.2, 0.25) is 0 Å². The van der Waals surface area contributed by atoms with Crippen LogP contribution in [0.25, 0.3) is 10.4 Å². The molecule has 0 spiro atoms. The summed E-state index contributed by atoms with van der Waals surface area (Å²) in [6.45, 7) is 14.7. The maximum atomic E-state index is 13.2. The Kier molecular flexibility index (Phi) is 64.1. The van der Waals surface area contributed by atoms with Crippen LogP contribution >= 0.6 is 0 Å². The fourth-order valence-electron chi connectivity index (χ4n) is 6.03. The number of carbonyl (C=O) groups is 5. The molecule has 0 atom stereocenters. The molecular formula is C51H98N8O25. The monoisotopic (exact) mass is 1220 g/mol. The predicted molar refractivity (Wildman–Crippen MR) is 297 cm³/mol. The summed E-state index contributed by atoms with van der Waals surface area (Å²) in [5, 5.41) is 29.9. The lowest BCUT2D eigenvalue weighted by Gasteiger charge is -2.23. The maximum absolute atomic E-state index is 13.2. The average Bonchev–Trinajstić information content (AvgIpc) is 3.50. The second-order valence-electron chi connectivity index (χ2n) is 16.8. The highest BCUT2D eigenvalue weighted by Crippen LogP contribution is 1.99. The molecule has 0 aliphatic carbocycles. The average molecular weight is 1220 g/mol. The number of rotatable bonds is 69. The van der Waals surface area contributed by atoms with Gasteiger partial charge in [-0.25, -0.2) is 9.59 Å². The van der Waals surface area contributed by atoms with Crippen molar-refractivity contribution >= 4 is 29.9 Å². The Bertz CT molecular complexity index is 1480. The number of nitrogens with zero attached hydrogens (tertiary/aromatic N) is 4. The highest BCUT2D eigenvalue weighted by atomic mass is 16.6. The van der Waals surface area contributed by atoms with Gasteiger partial charge in [-0.3, -0.25) is 14.4 Å². The van der Waals surface area contributed by atoms with Crippen molar-refractivity contribution < 1.29 is 119 Å². The van der Waals surface area contributed by atoms with Crippen LogP contribution in [0.1, 0.15) is 19.3 Å². The van der Waals surface area contributed by atoms with Crippen LogP contribution < -0.4 is 21.3 Å². The molecule has 0 aliphatic heterocycles. The van der Waals surface area contributed by atoms with Gasteiger partial charge >= 0.3 is 12.2 Å². The minimum Gasteiger partial charge on any atom is -0.465 e. The van der Waals surface area contributed by atoms with Gasteiger partial charge in [0.05, 0.1) is 244 Å². The molecule has 0 fully saturated rings. The first kappa shape index (κ1) is 79.5. The van der Waals surface area contributed by atoms with Crippen LogP contribution in [0.5, 0.6) is 0 Å². The normalized spacial score (nSPS) is 11.1. The molecule has 84 heavy (non-hydrogen) atoms. The second-order valence-corrected chi connectivity index (χ2v) is 16.8. The highest BCUT2D eigenvalue weighted by molar-refractivity contribution is 5.77. The molecule has 0 aromatic rings. The standard InChI is InChI=1S/C51H98N8O25/c52-58-57-8-14-70-20-26-76-32-38-82-44-41-81-37-31-75-25-19-69-13-3-49(62)59(9-15-71-21-27-77-33-39-83-45-42-79-35-29-73-23-17-67-11-1-47(60)53-4-6-55-50(63)64)10-16-72-22-28-78-34-40-84-46-43-80-36-30-74-24-18-68-12-2-48(61)54-5-7-56-51(65)66/h55-56H,1-46H2,(H,53,60)(H,54,61)(H,63,64)(H,65,66). The molecule has 492 valence electrons. The minimum atomic E-state index is -1.14. The van der Waals surface area contributed by atoms with Gasteiger partial charge in [0.15, 0.2) is 0 Å². The highest BCUT2D eigenvalue weighted by Gasteiger charge is 2.14. The molecule has 0 aliphatic rings. The number of nitrogens with one attached hydrogen (secondary N) is 4. The van der Waals surface area contributed by atoms with Crippen molar-refractivity contribution in [2.24, 2.45) is 5.11 Å². The van der Waals surface area contributed by atoms with Gasteiger partial charge in [0.2, 0.25) is 17.7 Å². The first-order valence-electron chi connectivity index (χ1n) is 28.4. The molecule has 0 saturated carbocycles. The molecule has 0 heterocycles. The van der Waals surface area contributed by atoms with Crippen molar-refractivity contribution in [1.82, 2.24) is 26.2 Å². The molecule has 0 saturated heterocycles. The summed E-state index contributed by atoms with van der Waals surface area (Å²) < 4.78 is 99.2. The summed E-state index contributed by atoms with van der Waals surface area (Å²) in [4.78, 5) is 61.6. The number of carbonyl (C=O) groups excluding carboxylic acids is 3. The summed E-state index contributed by atoms with van der Waals surface area (Å²) in [6.07, 6.45) is -1.78. The molecule has 33 heteroatoms. The van der Waals surface area contributed by atoms with Gasteiger partial charge in [-0.05, 0) is 5.53 Å². The van der Waals surface area contributed by atoms with Gasteiger partial charge in [0, 0.05) is 63.6 Å². The SMILES string of the molecule is [N-]=[N+]=NCCOCCOCCOCCOCCOCCOCCC(=O)N(CCOCCOCCOCCOCCOCCOCCC(=O)NCCNC(=O)O)CCOCCOCCOCCOCCOCCOCCC(=O)NCCNC(=O)O. The Morgan fingerprint density at radius 1 is 0.310 bits per heavy atom. The Balaban J connectivity index is 4.14. The van der Waals surface area contributed by atoms with Crippen molar-refractivity contribution in [2.75, 3.05) is 284 Å². The zero-order chi connectivity index (χ0) is 61.0. The second kappa shape index (κ2) is 67.7.